The van der Waals surface area contributed by atoms with Gasteiger partial charge in [-0.1, -0.05) is 25.5 Å². The lowest BCUT2D eigenvalue weighted by molar-refractivity contribution is -0.132. The van der Waals surface area contributed by atoms with Gasteiger partial charge in [-0.15, -0.1) is 0 Å². The smallest absolute Gasteiger partial charge is 0.229 e. The van der Waals surface area contributed by atoms with Gasteiger partial charge in [0.05, 0.1) is 0 Å². The van der Waals surface area contributed by atoms with Crippen molar-refractivity contribution in [3.05, 3.63) is 33.9 Å². The largest absolute Gasteiger partial charge is 0.285 e. The molecule has 0 radical (unpaired) electrons. The fraction of sp³-hybridized carbons (Fsp3) is 0.600. The second-order valence-electron chi connectivity index (χ2n) is 7.67. The Hall–Kier alpha value is -1.44. The average molecular weight is 298 g/mol. The molecule has 0 saturated heterocycles. The van der Waals surface area contributed by atoms with Crippen LogP contribution in [0.25, 0.3) is 0 Å². The van der Waals surface area contributed by atoms with E-state index in [4.69, 9.17) is 0 Å². The summed E-state index contributed by atoms with van der Waals surface area (Å²) in [5.41, 5.74) is 5.28. The summed E-state index contributed by atoms with van der Waals surface area (Å²) >= 11 is 0. The van der Waals surface area contributed by atoms with E-state index in [0.29, 0.717) is 23.3 Å². The van der Waals surface area contributed by atoms with Gasteiger partial charge in [0.25, 0.3) is 0 Å². The van der Waals surface area contributed by atoms with E-state index in [9.17, 15) is 9.59 Å². The Balaban J connectivity index is 2.25. The van der Waals surface area contributed by atoms with E-state index in [2.05, 4.69) is 33.8 Å². The summed E-state index contributed by atoms with van der Waals surface area (Å²) in [5.74, 6) is 1.08. The Morgan fingerprint density at radius 1 is 1.00 bits per heavy atom. The molecule has 3 aliphatic rings. The van der Waals surface area contributed by atoms with E-state index >= 15 is 0 Å². The summed E-state index contributed by atoms with van der Waals surface area (Å²) < 4.78 is 0. The highest BCUT2D eigenvalue weighted by Crippen LogP contribution is 2.53. The average Bonchev–Trinajstić information content (AvgIpc) is 2.43. The lowest BCUT2D eigenvalue weighted by Gasteiger charge is -2.45. The van der Waals surface area contributed by atoms with Gasteiger partial charge in [0, 0.05) is 17.1 Å². The number of hydrogen-bond acceptors (Lipinski definition) is 2. The minimum absolute atomic E-state index is 0.224. The third kappa shape index (κ3) is 2.15. The van der Waals surface area contributed by atoms with Crippen molar-refractivity contribution in [3.8, 4) is 0 Å². The third-order valence-corrected chi connectivity index (χ3v) is 5.77. The zero-order chi connectivity index (χ0) is 16.2. The SMILES string of the molecule is CC(C)=CC1CC(C)C2CCC(C)C3=C2C1=C(C)C(=O)C3=O. The molecule has 3 rings (SSSR count). The number of ketones is 2. The molecular formula is C20H26O2. The maximum atomic E-state index is 12.6. The predicted octanol–water partition coefficient (Wildman–Crippen LogP) is 4.42. The minimum atomic E-state index is -0.261. The lowest BCUT2D eigenvalue weighted by Crippen LogP contribution is -2.40. The number of carbonyl (C=O) groups is 2. The number of rotatable bonds is 1. The number of hydrogen-bond donors (Lipinski definition) is 0. The van der Waals surface area contributed by atoms with Gasteiger partial charge in [-0.3, -0.25) is 9.59 Å². The Morgan fingerprint density at radius 2 is 1.68 bits per heavy atom. The molecule has 118 valence electrons. The van der Waals surface area contributed by atoms with Crippen LogP contribution in [0.4, 0.5) is 0 Å². The molecule has 4 atom stereocenters. The molecule has 2 heteroatoms. The summed E-state index contributed by atoms with van der Waals surface area (Å²) in [6.07, 6.45) is 5.57. The highest BCUT2D eigenvalue weighted by atomic mass is 16.2. The van der Waals surface area contributed by atoms with Crippen molar-refractivity contribution in [3.63, 3.8) is 0 Å². The first kappa shape index (κ1) is 15.5. The van der Waals surface area contributed by atoms with Crippen LogP contribution in [-0.2, 0) is 9.59 Å². The molecule has 0 N–H and O–H groups in total. The van der Waals surface area contributed by atoms with Gasteiger partial charge in [0.1, 0.15) is 0 Å². The maximum absolute atomic E-state index is 12.6. The molecule has 0 aromatic heterocycles. The van der Waals surface area contributed by atoms with Gasteiger partial charge in [-0.05, 0) is 68.9 Å². The summed E-state index contributed by atoms with van der Waals surface area (Å²) in [5, 5.41) is 0. The van der Waals surface area contributed by atoms with Gasteiger partial charge in [-0.25, -0.2) is 0 Å². The van der Waals surface area contributed by atoms with Crippen molar-refractivity contribution in [1.29, 1.82) is 0 Å². The quantitative estimate of drug-likeness (QED) is 0.408. The standard InChI is InChI=1S/C20H26O2/c1-10(2)8-14-9-12(4)15-7-6-11(3)16-18(15)17(14)13(5)19(21)20(16)22/h8,11-12,14-15H,6-7,9H2,1-5H3. The molecule has 4 unspecified atom stereocenters. The van der Waals surface area contributed by atoms with Gasteiger partial charge < -0.3 is 0 Å². The molecule has 2 nitrogen and oxygen atoms in total. The zero-order valence-electron chi connectivity index (χ0n) is 14.3. The minimum Gasteiger partial charge on any atom is -0.285 e. The van der Waals surface area contributed by atoms with Crippen LogP contribution in [-0.4, -0.2) is 11.6 Å². The van der Waals surface area contributed by atoms with E-state index in [1.165, 1.54) is 16.7 Å². The highest BCUT2D eigenvalue weighted by Gasteiger charge is 2.46. The van der Waals surface area contributed by atoms with Crippen LogP contribution < -0.4 is 0 Å². The number of Topliss-reactive ketones (excluding diaryl/α,β-unsaturated/α-hetero) is 2. The topological polar surface area (TPSA) is 34.1 Å². The first-order valence-electron chi connectivity index (χ1n) is 8.52. The molecule has 0 amide bonds. The second-order valence-corrected chi connectivity index (χ2v) is 7.67. The molecule has 3 aliphatic carbocycles. The number of allylic oxidation sites excluding steroid dienone is 6. The van der Waals surface area contributed by atoms with Crippen LogP contribution >= 0.6 is 0 Å². The van der Waals surface area contributed by atoms with Gasteiger partial charge >= 0.3 is 0 Å². The van der Waals surface area contributed by atoms with Crippen molar-refractivity contribution < 1.29 is 9.59 Å². The van der Waals surface area contributed by atoms with E-state index in [1.807, 2.05) is 6.92 Å². The maximum Gasteiger partial charge on any atom is 0.229 e. The molecular weight excluding hydrogens is 272 g/mol. The van der Waals surface area contributed by atoms with Crippen molar-refractivity contribution in [2.45, 2.75) is 53.9 Å². The Bertz CT molecular complexity index is 641. The normalized spacial score (nSPS) is 34.8. The summed E-state index contributed by atoms with van der Waals surface area (Å²) in [6.45, 7) is 10.5. The Kier molecular flexibility index (Phi) is 3.74. The molecule has 22 heavy (non-hydrogen) atoms. The first-order valence-corrected chi connectivity index (χ1v) is 8.52. The molecule has 1 saturated carbocycles. The zero-order valence-corrected chi connectivity index (χ0v) is 14.3. The molecule has 0 aliphatic heterocycles. The van der Waals surface area contributed by atoms with Gasteiger partial charge in [0.15, 0.2) is 0 Å². The first-order chi connectivity index (χ1) is 10.3. The lowest BCUT2D eigenvalue weighted by atomic mass is 9.58. The van der Waals surface area contributed by atoms with Gasteiger partial charge in [-0.2, -0.15) is 0 Å². The van der Waals surface area contributed by atoms with E-state index in [-0.39, 0.29) is 17.5 Å². The van der Waals surface area contributed by atoms with Crippen molar-refractivity contribution in [2.24, 2.45) is 23.7 Å². The van der Waals surface area contributed by atoms with Crippen LogP contribution in [0.2, 0.25) is 0 Å². The molecule has 0 spiro atoms. The fourth-order valence-electron chi connectivity index (χ4n) is 4.77. The summed E-state index contributed by atoms with van der Waals surface area (Å²) in [6, 6.07) is 0. The van der Waals surface area contributed by atoms with Crippen LogP contribution in [0.3, 0.4) is 0 Å². The Labute approximate surface area is 133 Å². The molecule has 0 heterocycles. The molecule has 1 fully saturated rings. The van der Waals surface area contributed by atoms with Crippen molar-refractivity contribution in [1.82, 2.24) is 0 Å². The fourth-order valence-corrected chi connectivity index (χ4v) is 4.77. The van der Waals surface area contributed by atoms with Gasteiger partial charge in [0.2, 0.25) is 11.6 Å². The molecule has 0 aromatic carbocycles. The van der Waals surface area contributed by atoms with E-state index < -0.39 is 0 Å². The molecule has 0 bridgehead atoms. The van der Waals surface area contributed by atoms with Crippen LogP contribution in [0, 0.1) is 23.7 Å². The third-order valence-electron chi connectivity index (χ3n) is 5.77. The van der Waals surface area contributed by atoms with Crippen LogP contribution in [0.15, 0.2) is 33.9 Å². The van der Waals surface area contributed by atoms with Crippen molar-refractivity contribution in [2.75, 3.05) is 0 Å². The van der Waals surface area contributed by atoms with Crippen LogP contribution in [0.5, 0.6) is 0 Å². The second kappa shape index (κ2) is 5.33. The predicted molar refractivity (Wildman–Crippen MR) is 88.3 cm³/mol. The molecule has 0 aromatic rings. The van der Waals surface area contributed by atoms with E-state index in [0.717, 1.165) is 24.8 Å². The summed E-state index contributed by atoms with van der Waals surface area (Å²) in [4.78, 5) is 25.1. The summed E-state index contributed by atoms with van der Waals surface area (Å²) in [7, 11) is 0. The van der Waals surface area contributed by atoms with Crippen molar-refractivity contribution >= 4 is 11.6 Å². The number of carbonyl (C=O) groups excluding carboxylic acids is 2. The van der Waals surface area contributed by atoms with E-state index in [1.54, 1.807) is 0 Å². The Morgan fingerprint density at radius 3 is 2.32 bits per heavy atom. The highest BCUT2D eigenvalue weighted by molar-refractivity contribution is 6.50. The van der Waals surface area contributed by atoms with Crippen LogP contribution in [0.1, 0.15) is 53.9 Å². The monoisotopic (exact) mass is 298 g/mol.